The summed E-state index contributed by atoms with van der Waals surface area (Å²) in [5.74, 6) is 0. The van der Waals surface area contributed by atoms with Gasteiger partial charge in [-0.3, -0.25) is 5.10 Å². The first-order chi connectivity index (χ1) is 6.24. The van der Waals surface area contributed by atoms with Gasteiger partial charge in [-0.15, -0.1) is 0 Å². The Balaban J connectivity index is 0.000000671. The maximum atomic E-state index is 3.91. The van der Waals surface area contributed by atoms with Crippen molar-refractivity contribution in [3.8, 4) is 0 Å². The first-order valence-corrected chi connectivity index (χ1v) is 4.54. The number of aromatic amines is 1. The molecule has 0 aliphatic rings. The molecule has 1 aromatic rings. The van der Waals surface area contributed by atoms with Crippen LogP contribution in [-0.2, 0) is 0 Å². The third-order valence-corrected chi connectivity index (χ3v) is 1.35. The molecule has 1 rings (SSSR count). The molecule has 2 heteroatoms. The Morgan fingerprint density at radius 3 is 2.54 bits per heavy atom. The lowest BCUT2D eigenvalue weighted by atomic mass is 10.2. The van der Waals surface area contributed by atoms with E-state index in [1.54, 1.807) is 12.3 Å². The quantitative estimate of drug-likeness (QED) is 0.737. The normalized spacial score (nSPS) is 8.31. The van der Waals surface area contributed by atoms with E-state index in [9.17, 15) is 0 Å². The summed E-state index contributed by atoms with van der Waals surface area (Å²) in [4.78, 5) is 0. The van der Waals surface area contributed by atoms with Crippen LogP contribution in [0.5, 0.6) is 0 Å². The number of aromatic nitrogens is 2. The number of nitrogens with zero attached hydrogens (tertiary/aromatic N) is 1. The Hall–Kier alpha value is -1.31. The van der Waals surface area contributed by atoms with Crippen molar-refractivity contribution >= 4 is 12.2 Å². The minimum absolute atomic E-state index is 1.03. The Labute approximate surface area is 80.4 Å². The summed E-state index contributed by atoms with van der Waals surface area (Å²) < 4.78 is 0. The van der Waals surface area contributed by atoms with Gasteiger partial charge in [0.2, 0.25) is 0 Å². The molecule has 0 aliphatic heterocycles. The van der Waals surface area contributed by atoms with Gasteiger partial charge in [-0.05, 0) is 19.9 Å². The lowest BCUT2D eigenvalue weighted by Gasteiger charge is -1.90. The molecule has 1 N–H and O–H groups in total. The van der Waals surface area contributed by atoms with E-state index in [4.69, 9.17) is 0 Å². The van der Waals surface area contributed by atoms with E-state index >= 15 is 0 Å². The number of nitrogens with one attached hydrogen (secondary N) is 1. The molecular weight excluding hydrogens is 160 g/mol. The fourth-order valence-electron chi connectivity index (χ4n) is 0.872. The summed E-state index contributed by atoms with van der Waals surface area (Å²) in [5.41, 5.74) is 3.32. The Kier molecular flexibility index (Phi) is 5.60. The van der Waals surface area contributed by atoms with Crippen LogP contribution in [0.1, 0.15) is 39.0 Å². The number of hydrogen-bond donors (Lipinski definition) is 1. The maximum Gasteiger partial charge on any atom is 0.0649 e. The van der Waals surface area contributed by atoms with Crippen molar-refractivity contribution in [3.63, 3.8) is 0 Å². The van der Waals surface area contributed by atoms with Crippen LogP contribution in [0.2, 0.25) is 0 Å². The minimum Gasteiger partial charge on any atom is -0.278 e. The molecule has 0 radical (unpaired) electrons. The first-order valence-electron chi connectivity index (χ1n) is 4.54. The highest BCUT2D eigenvalue weighted by Gasteiger charge is 1.95. The second-order valence-corrected chi connectivity index (χ2v) is 2.66. The van der Waals surface area contributed by atoms with E-state index in [0.29, 0.717) is 0 Å². The smallest absolute Gasteiger partial charge is 0.0649 e. The van der Waals surface area contributed by atoms with Gasteiger partial charge in [-0.25, -0.2) is 0 Å². The summed E-state index contributed by atoms with van der Waals surface area (Å²) in [5, 5.41) is 6.80. The highest BCUT2D eigenvalue weighted by atomic mass is 15.1. The van der Waals surface area contributed by atoms with Crippen molar-refractivity contribution in [2.24, 2.45) is 0 Å². The summed E-state index contributed by atoms with van der Waals surface area (Å²) in [6, 6.07) is 0. The molecule has 72 valence electrons. The largest absolute Gasteiger partial charge is 0.278 e. The molecule has 0 fully saturated rings. The van der Waals surface area contributed by atoms with Gasteiger partial charge in [0.25, 0.3) is 0 Å². The van der Waals surface area contributed by atoms with Crippen molar-refractivity contribution in [1.29, 1.82) is 0 Å². The standard InChI is InChI=1S/C9H12N2.C2H6/c1-4-8-6-10-11-9(8)5-7(2)3;1-2/h4-6H,1H2,2-3H3,(H,10,11);1-2H3. The van der Waals surface area contributed by atoms with Crippen molar-refractivity contribution in [2.75, 3.05) is 0 Å². The molecule has 2 nitrogen and oxygen atoms in total. The third kappa shape index (κ3) is 3.74. The average molecular weight is 178 g/mol. The monoisotopic (exact) mass is 178 g/mol. The van der Waals surface area contributed by atoms with Gasteiger partial charge in [0.05, 0.1) is 11.9 Å². The zero-order valence-electron chi connectivity index (χ0n) is 8.89. The molecule has 1 aromatic heterocycles. The SMILES string of the molecule is C=Cc1cn[nH]c1C=C(C)C.CC. The number of H-pyrrole nitrogens is 1. The van der Waals surface area contributed by atoms with E-state index in [1.807, 2.05) is 33.8 Å². The molecule has 13 heavy (non-hydrogen) atoms. The Morgan fingerprint density at radius 2 is 2.08 bits per heavy atom. The van der Waals surface area contributed by atoms with Crippen molar-refractivity contribution in [3.05, 3.63) is 29.6 Å². The highest BCUT2D eigenvalue weighted by molar-refractivity contribution is 5.61. The lowest BCUT2D eigenvalue weighted by molar-refractivity contribution is 1.08. The van der Waals surface area contributed by atoms with E-state index in [0.717, 1.165) is 11.3 Å². The topological polar surface area (TPSA) is 28.7 Å². The maximum absolute atomic E-state index is 3.91. The number of allylic oxidation sites excluding steroid dienone is 1. The van der Waals surface area contributed by atoms with Crippen LogP contribution in [-0.4, -0.2) is 10.2 Å². The highest BCUT2D eigenvalue weighted by Crippen LogP contribution is 2.09. The van der Waals surface area contributed by atoms with Gasteiger partial charge in [0, 0.05) is 5.56 Å². The van der Waals surface area contributed by atoms with Crippen LogP contribution < -0.4 is 0 Å². The van der Waals surface area contributed by atoms with Gasteiger partial charge in [-0.1, -0.05) is 32.1 Å². The fourth-order valence-corrected chi connectivity index (χ4v) is 0.872. The predicted octanol–water partition coefficient (Wildman–Crippen LogP) is 3.50. The van der Waals surface area contributed by atoms with E-state index in [-0.39, 0.29) is 0 Å². The number of rotatable bonds is 2. The fraction of sp³-hybridized carbons (Fsp3) is 0.364. The van der Waals surface area contributed by atoms with Crippen LogP contribution in [0, 0.1) is 0 Å². The molecular formula is C11H18N2. The van der Waals surface area contributed by atoms with E-state index < -0.39 is 0 Å². The second-order valence-electron chi connectivity index (χ2n) is 2.66. The first kappa shape index (κ1) is 11.7. The third-order valence-electron chi connectivity index (χ3n) is 1.35. The van der Waals surface area contributed by atoms with E-state index in [1.165, 1.54) is 5.57 Å². The molecule has 0 aromatic carbocycles. The molecule has 0 saturated carbocycles. The molecule has 1 heterocycles. The van der Waals surface area contributed by atoms with Crippen molar-refractivity contribution in [2.45, 2.75) is 27.7 Å². The molecule has 0 spiro atoms. The minimum atomic E-state index is 1.03. The molecule has 0 unspecified atom stereocenters. The van der Waals surface area contributed by atoms with E-state index in [2.05, 4.69) is 16.8 Å². The molecule has 0 aliphatic carbocycles. The molecule has 0 saturated heterocycles. The summed E-state index contributed by atoms with van der Waals surface area (Å²) in [7, 11) is 0. The summed E-state index contributed by atoms with van der Waals surface area (Å²) >= 11 is 0. The summed E-state index contributed by atoms with van der Waals surface area (Å²) in [6.45, 7) is 11.8. The number of hydrogen-bond acceptors (Lipinski definition) is 1. The van der Waals surface area contributed by atoms with Crippen LogP contribution in [0.3, 0.4) is 0 Å². The Morgan fingerprint density at radius 1 is 1.46 bits per heavy atom. The average Bonchev–Trinajstić information content (AvgIpc) is 2.54. The second kappa shape index (κ2) is 6.23. The van der Waals surface area contributed by atoms with Crippen LogP contribution >= 0.6 is 0 Å². The zero-order valence-corrected chi connectivity index (χ0v) is 8.89. The predicted molar refractivity (Wildman–Crippen MR) is 59.4 cm³/mol. The zero-order chi connectivity index (χ0) is 10.3. The summed E-state index contributed by atoms with van der Waals surface area (Å²) in [6.07, 6.45) is 5.60. The van der Waals surface area contributed by atoms with Gasteiger partial charge in [0.1, 0.15) is 0 Å². The Bertz CT molecular complexity index is 278. The van der Waals surface area contributed by atoms with Gasteiger partial charge >= 0.3 is 0 Å². The van der Waals surface area contributed by atoms with Crippen LogP contribution in [0.15, 0.2) is 18.3 Å². The molecule has 0 bridgehead atoms. The van der Waals surface area contributed by atoms with Crippen LogP contribution in [0.25, 0.3) is 12.2 Å². The van der Waals surface area contributed by atoms with Crippen LogP contribution in [0.4, 0.5) is 0 Å². The van der Waals surface area contributed by atoms with Gasteiger partial charge in [-0.2, -0.15) is 5.10 Å². The lowest BCUT2D eigenvalue weighted by Crippen LogP contribution is -1.76. The molecule has 0 atom stereocenters. The van der Waals surface area contributed by atoms with Gasteiger partial charge < -0.3 is 0 Å². The van der Waals surface area contributed by atoms with Crippen molar-refractivity contribution < 1.29 is 0 Å². The van der Waals surface area contributed by atoms with Crippen molar-refractivity contribution in [1.82, 2.24) is 10.2 Å². The molecule has 0 amide bonds. The van der Waals surface area contributed by atoms with Gasteiger partial charge in [0.15, 0.2) is 0 Å².